The van der Waals surface area contributed by atoms with Crippen molar-refractivity contribution in [3.63, 3.8) is 0 Å². The van der Waals surface area contributed by atoms with Gasteiger partial charge in [0.15, 0.2) is 0 Å². The van der Waals surface area contributed by atoms with Crippen molar-refractivity contribution >= 4 is 0 Å². The smallest absolute Gasteiger partial charge is 0.0474 e. The second kappa shape index (κ2) is 3.97. The summed E-state index contributed by atoms with van der Waals surface area (Å²) in [6.07, 6.45) is 6.65. The zero-order valence-corrected chi connectivity index (χ0v) is 8.50. The van der Waals surface area contributed by atoms with Crippen LogP contribution >= 0.6 is 0 Å². The molecule has 76 valence electrons. The molecule has 0 aromatic carbocycles. The molecule has 2 nitrogen and oxygen atoms in total. The maximum atomic E-state index is 8.91. The van der Waals surface area contributed by atoms with Crippen LogP contribution in [0.5, 0.6) is 0 Å². The van der Waals surface area contributed by atoms with E-state index in [1.165, 1.54) is 32.1 Å². The van der Waals surface area contributed by atoms with Crippen molar-refractivity contribution in [2.24, 2.45) is 11.8 Å². The van der Waals surface area contributed by atoms with Crippen molar-refractivity contribution in [3.8, 4) is 0 Å². The largest absolute Gasteiger partial charge is 0.396 e. The van der Waals surface area contributed by atoms with E-state index in [0.29, 0.717) is 18.6 Å². The van der Waals surface area contributed by atoms with Crippen molar-refractivity contribution < 1.29 is 5.11 Å². The summed E-state index contributed by atoms with van der Waals surface area (Å²) in [4.78, 5) is 0. The predicted molar refractivity (Wildman–Crippen MR) is 53.5 cm³/mol. The number of hydrogen-bond acceptors (Lipinski definition) is 2. The van der Waals surface area contributed by atoms with Gasteiger partial charge in [0.2, 0.25) is 0 Å². The average molecular weight is 183 g/mol. The fraction of sp³-hybridized carbons (Fsp3) is 1.00. The molecule has 2 heteroatoms. The molecule has 13 heavy (non-hydrogen) atoms. The van der Waals surface area contributed by atoms with Gasteiger partial charge in [0, 0.05) is 18.7 Å². The molecule has 0 saturated heterocycles. The van der Waals surface area contributed by atoms with E-state index in [1.807, 2.05) is 0 Å². The molecule has 2 aliphatic carbocycles. The Morgan fingerprint density at radius 1 is 1.23 bits per heavy atom. The third-order valence-corrected chi connectivity index (χ3v) is 3.62. The van der Waals surface area contributed by atoms with E-state index in [-0.39, 0.29) is 0 Å². The van der Waals surface area contributed by atoms with E-state index in [1.54, 1.807) is 0 Å². The van der Waals surface area contributed by atoms with Crippen LogP contribution in [0.3, 0.4) is 0 Å². The molecule has 2 unspecified atom stereocenters. The normalized spacial score (nSPS) is 44.8. The van der Waals surface area contributed by atoms with E-state index in [9.17, 15) is 0 Å². The summed E-state index contributed by atoms with van der Waals surface area (Å²) in [5, 5.41) is 12.6. The molecule has 2 atom stereocenters. The van der Waals surface area contributed by atoms with Gasteiger partial charge in [-0.15, -0.1) is 0 Å². The van der Waals surface area contributed by atoms with Crippen molar-refractivity contribution in [1.29, 1.82) is 0 Å². The summed E-state index contributed by atoms with van der Waals surface area (Å²) >= 11 is 0. The highest BCUT2D eigenvalue weighted by atomic mass is 16.3. The van der Waals surface area contributed by atoms with Crippen LogP contribution in [-0.2, 0) is 0 Å². The van der Waals surface area contributed by atoms with Crippen LogP contribution in [0.25, 0.3) is 0 Å². The van der Waals surface area contributed by atoms with Crippen LogP contribution in [0, 0.1) is 11.8 Å². The molecular weight excluding hydrogens is 162 g/mol. The lowest BCUT2D eigenvalue weighted by atomic mass is 9.87. The van der Waals surface area contributed by atoms with Crippen molar-refractivity contribution in [2.45, 2.75) is 51.1 Å². The third-order valence-electron chi connectivity index (χ3n) is 3.62. The van der Waals surface area contributed by atoms with Crippen LogP contribution in [0.15, 0.2) is 0 Å². The first-order valence-corrected chi connectivity index (χ1v) is 5.66. The Labute approximate surface area is 80.7 Å². The second-order valence-corrected chi connectivity index (χ2v) is 4.91. The Morgan fingerprint density at radius 3 is 2.46 bits per heavy atom. The molecule has 0 heterocycles. The zero-order chi connectivity index (χ0) is 9.26. The van der Waals surface area contributed by atoms with Gasteiger partial charge in [0.1, 0.15) is 0 Å². The molecule has 0 radical (unpaired) electrons. The highest BCUT2D eigenvalue weighted by molar-refractivity contribution is 4.95. The average Bonchev–Trinajstić information content (AvgIpc) is 2.88. The number of rotatable bonds is 3. The molecule has 2 rings (SSSR count). The second-order valence-electron chi connectivity index (χ2n) is 4.91. The van der Waals surface area contributed by atoms with Gasteiger partial charge in [0.25, 0.3) is 0 Å². The monoisotopic (exact) mass is 183 g/mol. The molecule has 2 N–H and O–H groups in total. The first kappa shape index (κ1) is 9.47. The fourth-order valence-electron chi connectivity index (χ4n) is 2.38. The SMILES string of the molecule is CC1CCC(NC2CC2CO)CC1. The molecule has 2 fully saturated rings. The lowest BCUT2D eigenvalue weighted by molar-refractivity contribution is 0.259. The van der Waals surface area contributed by atoms with Crippen molar-refractivity contribution in [1.82, 2.24) is 5.32 Å². The van der Waals surface area contributed by atoms with E-state index < -0.39 is 0 Å². The van der Waals surface area contributed by atoms with Crippen LogP contribution in [0.4, 0.5) is 0 Å². The number of hydrogen-bond donors (Lipinski definition) is 2. The van der Waals surface area contributed by atoms with Gasteiger partial charge in [-0.05, 0) is 43.9 Å². The summed E-state index contributed by atoms with van der Waals surface area (Å²) < 4.78 is 0. The molecule has 0 aromatic heterocycles. The molecular formula is C11H21NO. The van der Waals surface area contributed by atoms with Gasteiger partial charge in [-0.2, -0.15) is 0 Å². The van der Waals surface area contributed by atoms with Gasteiger partial charge in [-0.3, -0.25) is 0 Å². The molecule has 0 aromatic rings. The maximum Gasteiger partial charge on any atom is 0.0474 e. The minimum absolute atomic E-state index is 0.376. The number of aliphatic hydroxyl groups is 1. The van der Waals surface area contributed by atoms with Crippen molar-refractivity contribution in [3.05, 3.63) is 0 Å². The first-order chi connectivity index (χ1) is 6.29. The fourth-order valence-corrected chi connectivity index (χ4v) is 2.38. The van der Waals surface area contributed by atoms with Gasteiger partial charge in [-0.1, -0.05) is 6.92 Å². The molecule has 0 amide bonds. The molecule has 0 spiro atoms. The first-order valence-electron chi connectivity index (χ1n) is 5.66. The lowest BCUT2D eigenvalue weighted by Crippen LogP contribution is -2.35. The van der Waals surface area contributed by atoms with Gasteiger partial charge < -0.3 is 10.4 Å². The minimum atomic E-state index is 0.376. The summed E-state index contributed by atoms with van der Waals surface area (Å²) in [5.74, 6) is 1.50. The van der Waals surface area contributed by atoms with Crippen molar-refractivity contribution in [2.75, 3.05) is 6.61 Å². The standard InChI is InChI=1S/C11H21NO/c1-8-2-4-10(5-3-8)12-11-6-9(11)7-13/h8-13H,2-7H2,1H3. The van der Waals surface area contributed by atoms with E-state index in [0.717, 1.165) is 12.0 Å². The van der Waals surface area contributed by atoms with Gasteiger partial charge >= 0.3 is 0 Å². The van der Waals surface area contributed by atoms with Gasteiger partial charge in [-0.25, -0.2) is 0 Å². The predicted octanol–water partition coefficient (Wildman–Crippen LogP) is 1.54. The Bertz CT molecular complexity index is 163. The Balaban J connectivity index is 1.66. The lowest BCUT2D eigenvalue weighted by Gasteiger charge is -2.27. The van der Waals surface area contributed by atoms with E-state index in [2.05, 4.69) is 12.2 Å². The van der Waals surface area contributed by atoms with Crippen LogP contribution in [-0.4, -0.2) is 23.8 Å². The summed E-state index contributed by atoms with van der Waals surface area (Å²) in [5.41, 5.74) is 0. The van der Waals surface area contributed by atoms with Crippen LogP contribution in [0.1, 0.15) is 39.0 Å². The summed E-state index contributed by atoms with van der Waals surface area (Å²) in [6.45, 7) is 2.73. The third kappa shape index (κ3) is 2.44. The molecule has 0 bridgehead atoms. The number of nitrogens with one attached hydrogen (secondary N) is 1. The van der Waals surface area contributed by atoms with E-state index in [4.69, 9.17) is 5.11 Å². The van der Waals surface area contributed by atoms with E-state index >= 15 is 0 Å². The Hall–Kier alpha value is -0.0800. The highest BCUT2D eigenvalue weighted by Crippen LogP contribution is 2.32. The number of aliphatic hydroxyl groups excluding tert-OH is 1. The minimum Gasteiger partial charge on any atom is -0.396 e. The van der Waals surface area contributed by atoms with Crippen LogP contribution < -0.4 is 5.32 Å². The topological polar surface area (TPSA) is 32.3 Å². The Kier molecular flexibility index (Phi) is 2.89. The zero-order valence-electron chi connectivity index (χ0n) is 8.50. The quantitative estimate of drug-likeness (QED) is 0.695. The summed E-state index contributed by atoms with van der Waals surface area (Å²) in [6, 6.07) is 1.39. The highest BCUT2D eigenvalue weighted by Gasteiger charge is 2.37. The summed E-state index contributed by atoms with van der Waals surface area (Å²) in [7, 11) is 0. The Morgan fingerprint density at radius 2 is 1.92 bits per heavy atom. The van der Waals surface area contributed by atoms with Gasteiger partial charge in [0.05, 0.1) is 0 Å². The van der Waals surface area contributed by atoms with Crippen LogP contribution in [0.2, 0.25) is 0 Å². The molecule has 2 saturated carbocycles. The molecule has 0 aliphatic heterocycles. The molecule has 2 aliphatic rings. The maximum absolute atomic E-state index is 8.91.